The third kappa shape index (κ3) is 6.52. The van der Waals surface area contributed by atoms with E-state index in [4.69, 9.17) is 22.1 Å². The van der Waals surface area contributed by atoms with Gasteiger partial charge in [0, 0.05) is 4.75 Å². The molecular weight excluding hydrogens is 600 g/mol. The molecular formula is C33H37ClN4O5S. The van der Waals surface area contributed by atoms with Crippen LogP contribution < -0.4 is 21.1 Å². The maximum atomic E-state index is 14.0. The minimum Gasteiger partial charge on any atom is -0.497 e. The average Bonchev–Trinajstić information content (AvgIpc) is 3.57. The van der Waals surface area contributed by atoms with Gasteiger partial charge in [-0.15, -0.1) is 11.8 Å². The number of carbonyl (C=O) groups is 3. The molecule has 1 aliphatic carbocycles. The summed E-state index contributed by atoms with van der Waals surface area (Å²) < 4.78 is 4.64. The molecule has 0 spiro atoms. The van der Waals surface area contributed by atoms with Crippen LogP contribution in [0.5, 0.6) is 5.75 Å². The maximum Gasteiger partial charge on any atom is 0.254 e. The number of methoxy groups -OCH3 is 1. The molecule has 1 saturated heterocycles. The quantitative estimate of drug-likeness (QED) is 0.260. The van der Waals surface area contributed by atoms with Gasteiger partial charge in [-0.2, -0.15) is 0 Å². The van der Waals surface area contributed by atoms with Gasteiger partial charge < -0.3 is 31.1 Å². The van der Waals surface area contributed by atoms with Crippen LogP contribution in [0.4, 0.5) is 5.69 Å². The number of aliphatic hydroxyl groups is 1. The molecule has 9 nitrogen and oxygen atoms in total. The van der Waals surface area contributed by atoms with Crippen LogP contribution in [0.15, 0.2) is 66.7 Å². The number of fused-ring (bicyclic) bond motifs is 1. The number of halogens is 1. The van der Waals surface area contributed by atoms with E-state index in [0.29, 0.717) is 5.75 Å². The topological polar surface area (TPSA) is 134 Å². The summed E-state index contributed by atoms with van der Waals surface area (Å²) in [6, 6.07) is 17.8. The molecule has 2 aliphatic rings. The van der Waals surface area contributed by atoms with E-state index in [1.54, 1.807) is 43.5 Å². The molecule has 1 fully saturated rings. The monoisotopic (exact) mass is 636 g/mol. The van der Waals surface area contributed by atoms with E-state index in [1.807, 2.05) is 32.0 Å². The Bertz CT molecular complexity index is 1550. The number of amides is 3. The second-order valence-electron chi connectivity index (χ2n) is 11.7. The van der Waals surface area contributed by atoms with Crippen molar-refractivity contribution < 1.29 is 24.2 Å². The molecule has 0 radical (unpaired) electrons. The summed E-state index contributed by atoms with van der Waals surface area (Å²) in [5, 5.41) is 17.6. The third-order valence-corrected chi connectivity index (χ3v) is 10.2. The number of carbonyl (C=O) groups excluding carboxylic acids is 3. The van der Waals surface area contributed by atoms with E-state index in [9.17, 15) is 19.5 Å². The Morgan fingerprint density at radius 1 is 1.11 bits per heavy atom. The first-order valence-corrected chi connectivity index (χ1v) is 15.8. The normalized spacial score (nSPS) is 20.0. The van der Waals surface area contributed by atoms with Crippen LogP contribution in [-0.2, 0) is 22.4 Å². The van der Waals surface area contributed by atoms with Crippen molar-refractivity contribution in [3.05, 3.63) is 94.0 Å². The zero-order valence-electron chi connectivity index (χ0n) is 24.9. The number of benzene rings is 3. The number of nitrogen functional groups attached to an aromatic ring is 1. The number of hydrogen-bond acceptors (Lipinski definition) is 7. The van der Waals surface area contributed by atoms with Crippen molar-refractivity contribution in [1.82, 2.24) is 15.5 Å². The maximum absolute atomic E-state index is 14.0. The van der Waals surface area contributed by atoms with Gasteiger partial charge in [0.1, 0.15) is 11.8 Å². The fraction of sp³-hybridized carbons (Fsp3) is 0.364. The lowest BCUT2D eigenvalue weighted by Gasteiger charge is -2.34. The van der Waals surface area contributed by atoms with Gasteiger partial charge in [-0.3, -0.25) is 14.4 Å². The number of nitrogens with zero attached hydrogens (tertiary/aromatic N) is 1. The minimum atomic E-state index is -1.65. The number of nitrogens with one attached hydrogen (secondary N) is 2. The van der Waals surface area contributed by atoms with Gasteiger partial charge in [0.05, 0.1) is 41.3 Å². The molecule has 44 heavy (non-hydrogen) atoms. The summed E-state index contributed by atoms with van der Waals surface area (Å²) in [7, 11) is 1.56. The van der Waals surface area contributed by atoms with Crippen LogP contribution in [0.3, 0.4) is 0 Å². The molecule has 3 aromatic rings. The van der Waals surface area contributed by atoms with Crippen LogP contribution in [0.25, 0.3) is 0 Å². The van der Waals surface area contributed by atoms with Gasteiger partial charge in [-0.1, -0.05) is 54.1 Å². The summed E-state index contributed by atoms with van der Waals surface area (Å²) in [6.45, 7) is 3.84. The predicted octanol–water partition coefficient (Wildman–Crippen LogP) is 4.12. The molecule has 11 heteroatoms. The number of nitrogens with two attached hydrogens (primary N) is 1. The molecule has 1 aliphatic heterocycles. The summed E-state index contributed by atoms with van der Waals surface area (Å²) >= 11 is 7.78. The van der Waals surface area contributed by atoms with Crippen LogP contribution in [0.2, 0.25) is 5.02 Å². The van der Waals surface area contributed by atoms with Crippen molar-refractivity contribution in [2.24, 2.45) is 0 Å². The third-order valence-electron chi connectivity index (χ3n) is 8.37. The molecule has 0 saturated carbocycles. The largest absolute Gasteiger partial charge is 0.497 e. The zero-order valence-corrected chi connectivity index (χ0v) is 26.5. The van der Waals surface area contributed by atoms with E-state index in [0.717, 1.165) is 24.0 Å². The van der Waals surface area contributed by atoms with Crippen molar-refractivity contribution in [2.45, 2.75) is 62.1 Å². The number of aliphatic hydroxyl groups excluding tert-OH is 1. The molecule has 1 unspecified atom stereocenters. The number of aryl methyl sites for hydroxylation is 1. The second-order valence-corrected chi connectivity index (χ2v) is 13.6. The van der Waals surface area contributed by atoms with Gasteiger partial charge in [0.15, 0.2) is 6.10 Å². The molecule has 4 atom stereocenters. The first kappa shape index (κ1) is 31.7. The Morgan fingerprint density at radius 2 is 1.84 bits per heavy atom. The lowest BCUT2D eigenvalue weighted by Crippen LogP contribution is -2.59. The van der Waals surface area contributed by atoms with Crippen molar-refractivity contribution in [3.8, 4) is 5.75 Å². The van der Waals surface area contributed by atoms with E-state index < -0.39 is 34.7 Å². The number of rotatable bonds is 9. The molecule has 0 bridgehead atoms. The number of hydrogen-bond donors (Lipinski definition) is 4. The molecule has 0 aromatic heterocycles. The Balaban J connectivity index is 1.39. The molecule has 1 heterocycles. The van der Waals surface area contributed by atoms with Gasteiger partial charge >= 0.3 is 0 Å². The van der Waals surface area contributed by atoms with Crippen molar-refractivity contribution in [1.29, 1.82) is 0 Å². The first-order valence-electron chi connectivity index (χ1n) is 14.5. The fourth-order valence-corrected chi connectivity index (χ4v) is 7.29. The van der Waals surface area contributed by atoms with Crippen LogP contribution >= 0.6 is 23.4 Å². The predicted molar refractivity (Wildman–Crippen MR) is 173 cm³/mol. The SMILES string of the molecule is COc1ccc(C[C@H](NC(=O)c2cccc(N)c2Cl)[C@H](O)C(=O)N2CSC(C)(C)C2C(=O)N[C@H]2CCc3ccccc32)cc1. The molecule has 3 amide bonds. The molecule has 232 valence electrons. The van der Waals surface area contributed by atoms with Crippen molar-refractivity contribution >= 4 is 46.8 Å². The van der Waals surface area contributed by atoms with Crippen molar-refractivity contribution in [3.63, 3.8) is 0 Å². The van der Waals surface area contributed by atoms with Gasteiger partial charge in [-0.05, 0) is 74.1 Å². The van der Waals surface area contributed by atoms with Crippen LogP contribution in [0, 0.1) is 0 Å². The highest BCUT2D eigenvalue weighted by Crippen LogP contribution is 2.41. The number of anilines is 1. The lowest BCUT2D eigenvalue weighted by molar-refractivity contribution is -0.147. The number of ether oxygens (including phenoxy) is 1. The van der Waals surface area contributed by atoms with Gasteiger partial charge in [0.25, 0.3) is 11.8 Å². The van der Waals surface area contributed by atoms with Crippen LogP contribution in [0.1, 0.15) is 53.4 Å². The summed E-state index contributed by atoms with van der Waals surface area (Å²) in [4.78, 5) is 42.6. The standard InChI is InChI=1S/C33H37ClN4O5S/c1-33(2)29(31(41)36-25-16-13-20-7-4-5-8-22(20)25)38(18-44-33)32(42)28(39)26(17-19-11-14-21(43-3)15-12-19)37-30(40)23-9-6-10-24(35)27(23)34/h4-12,14-15,25-26,28-29,39H,13,16-18,35H2,1-3H3,(H,36,41)(H,37,40)/t25-,26-,28-,29?/m0/s1. The van der Waals surface area contributed by atoms with E-state index in [2.05, 4.69) is 16.7 Å². The molecule has 5 rings (SSSR count). The summed E-state index contributed by atoms with van der Waals surface area (Å²) in [6.07, 6.45) is 0.125. The van der Waals surface area contributed by atoms with Gasteiger partial charge in [0.2, 0.25) is 5.91 Å². The highest BCUT2D eigenvalue weighted by molar-refractivity contribution is 8.00. The van der Waals surface area contributed by atoms with Crippen molar-refractivity contribution in [2.75, 3.05) is 18.7 Å². The van der Waals surface area contributed by atoms with E-state index in [1.165, 1.54) is 28.3 Å². The minimum absolute atomic E-state index is 0.0805. The highest BCUT2D eigenvalue weighted by atomic mass is 35.5. The van der Waals surface area contributed by atoms with Crippen LogP contribution in [-0.4, -0.2) is 63.6 Å². The Hall–Kier alpha value is -3.73. The Labute approximate surface area is 266 Å². The average molecular weight is 637 g/mol. The second kappa shape index (κ2) is 13.1. The molecule has 3 aromatic carbocycles. The smallest absolute Gasteiger partial charge is 0.254 e. The summed E-state index contributed by atoms with van der Waals surface area (Å²) in [5.74, 6) is -0.644. The zero-order chi connectivity index (χ0) is 31.6. The lowest BCUT2D eigenvalue weighted by atomic mass is 9.96. The first-order chi connectivity index (χ1) is 21.0. The highest BCUT2D eigenvalue weighted by Gasteiger charge is 2.50. The summed E-state index contributed by atoms with van der Waals surface area (Å²) in [5.41, 5.74) is 9.32. The van der Waals surface area contributed by atoms with E-state index >= 15 is 0 Å². The number of thioether (sulfide) groups is 1. The Kier molecular flexibility index (Phi) is 9.43. The van der Waals surface area contributed by atoms with Gasteiger partial charge in [-0.25, -0.2) is 0 Å². The fourth-order valence-electron chi connectivity index (χ4n) is 5.94. The Morgan fingerprint density at radius 3 is 2.57 bits per heavy atom. The van der Waals surface area contributed by atoms with E-state index in [-0.39, 0.29) is 40.5 Å². The molecule has 5 N–H and O–H groups in total.